The van der Waals surface area contributed by atoms with Gasteiger partial charge in [0, 0.05) is 5.56 Å². The molecule has 0 unspecified atom stereocenters. The predicted molar refractivity (Wildman–Crippen MR) is 76.7 cm³/mol. The van der Waals surface area contributed by atoms with Gasteiger partial charge < -0.3 is 4.52 Å². The summed E-state index contributed by atoms with van der Waals surface area (Å²) in [5.41, 5.74) is 1.76. The van der Waals surface area contributed by atoms with Crippen LogP contribution in [0, 0.1) is 0 Å². The summed E-state index contributed by atoms with van der Waals surface area (Å²) in [5.74, 6) is 0.533. The van der Waals surface area contributed by atoms with E-state index in [1.165, 1.54) is 0 Å². The summed E-state index contributed by atoms with van der Waals surface area (Å²) in [7, 11) is -3.55. The normalized spacial score (nSPS) is 11.2. The molecule has 0 radical (unpaired) electrons. The summed E-state index contributed by atoms with van der Waals surface area (Å²) in [6, 6.07) is 9.49. The molecule has 0 aliphatic heterocycles. The molecule has 0 aliphatic carbocycles. The molecule has 1 rings (SSSR count). The Morgan fingerprint density at radius 1 is 1.05 bits per heavy atom. The fraction of sp³-hybridized carbons (Fsp3) is 0.429. The average Bonchev–Trinajstić information content (AvgIpc) is 2.37. The Kier molecular flexibility index (Phi) is 6.29. The van der Waals surface area contributed by atoms with Gasteiger partial charge in [-0.1, -0.05) is 30.3 Å². The molecule has 5 heteroatoms. The van der Waals surface area contributed by atoms with Crippen LogP contribution in [0.25, 0.3) is 5.76 Å². The molecule has 0 aliphatic rings. The molecular weight excluding hydrogens is 263 g/mol. The standard InChI is InChI=1S/C14H21O4P/c1-5-16-19(15,17-6-2)18-14(12(3)4)13-10-8-7-9-11-13/h7-11H,5-6H2,1-4H3. The topological polar surface area (TPSA) is 44.8 Å². The minimum Gasteiger partial charge on any atom is -0.403 e. The highest BCUT2D eigenvalue weighted by Crippen LogP contribution is 2.53. The zero-order chi connectivity index (χ0) is 14.3. The summed E-state index contributed by atoms with van der Waals surface area (Å²) >= 11 is 0. The van der Waals surface area contributed by atoms with Crippen LogP contribution in [0.3, 0.4) is 0 Å². The van der Waals surface area contributed by atoms with E-state index >= 15 is 0 Å². The van der Waals surface area contributed by atoms with Gasteiger partial charge in [0.1, 0.15) is 5.76 Å². The Morgan fingerprint density at radius 2 is 1.58 bits per heavy atom. The average molecular weight is 284 g/mol. The molecule has 0 atom stereocenters. The van der Waals surface area contributed by atoms with Gasteiger partial charge in [0.2, 0.25) is 0 Å². The highest BCUT2D eigenvalue weighted by Gasteiger charge is 2.29. The minimum absolute atomic E-state index is 0.266. The first-order valence-corrected chi connectivity index (χ1v) is 7.80. The fourth-order valence-corrected chi connectivity index (χ4v) is 2.86. The van der Waals surface area contributed by atoms with Crippen molar-refractivity contribution in [3.05, 3.63) is 41.5 Å². The van der Waals surface area contributed by atoms with Crippen LogP contribution in [0.1, 0.15) is 33.3 Å². The second-order valence-corrected chi connectivity index (χ2v) is 5.66. The van der Waals surface area contributed by atoms with Gasteiger partial charge in [-0.05, 0) is 33.3 Å². The van der Waals surface area contributed by atoms with Crippen molar-refractivity contribution in [2.45, 2.75) is 27.7 Å². The smallest absolute Gasteiger partial charge is 0.403 e. The van der Waals surface area contributed by atoms with Crippen LogP contribution < -0.4 is 0 Å². The lowest BCUT2D eigenvalue weighted by Crippen LogP contribution is -2.01. The zero-order valence-electron chi connectivity index (χ0n) is 11.9. The van der Waals surface area contributed by atoms with Crippen molar-refractivity contribution in [2.24, 2.45) is 0 Å². The molecule has 0 bridgehead atoms. The van der Waals surface area contributed by atoms with Crippen LogP contribution in [0.15, 0.2) is 35.9 Å². The third kappa shape index (κ3) is 4.83. The van der Waals surface area contributed by atoms with Gasteiger partial charge in [-0.15, -0.1) is 0 Å². The van der Waals surface area contributed by atoms with Crippen molar-refractivity contribution in [2.75, 3.05) is 13.2 Å². The maximum absolute atomic E-state index is 12.4. The minimum atomic E-state index is -3.55. The molecule has 0 N–H and O–H groups in total. The Hall–Kier alpha value is -1.09. The first kappa shape index (κ1) is 16.0. The monoisotopic (exact) mass is 284 g/mol. The Labute approximate surface area is 115 Å². The van der Waals surface area contributed by atoms with Crippen LogP contribution >= 0.6 is 7.82 Å². The molecule has 0 saturated carbocycles. The van der Waals surface area contributed by atoms with E-state index in [2.05, 4.69) is 0 Å². The first-order valence-electron chi connectivity index (χ1n) is 6.34. The number of benzene rings is 1. The van der Waals surface area contributed by atoms with E-state index in [0.717, 1.165) is 11.1 Å². The van der Waals surface area contributed by atoms with Crippen LogP contribution in [-0.4, -0.2) is 13.2 Å². The number of hydrogen-bond acceptors (Lipinski definition) is 4. The molecule has 19 heavy (non-hydrogen) atoms. The summed E-state index contributed by atoms with van der Waals surface area (Å²) in [4.78, 5) is 0. The Morgan fingerprint density at radius 3 is 2.00 bits per heavy atom. The van der Waals surface area contributed by atoms with Gasteiger partial charge in [-0.25, -0.2) is 4.57 Å². The molecule has 1 aromatic carbocycles. The van der Waals surface area contributed by atoms with Crippen molar-refractivity contribution < 1.29 is 18.1 Å². The molecule has 1 aromatic rings. The quantitative estimate of drug-likeness (QED) is 0.540. The molecule has 0 spiro atoms. The summed E-state index contributed by atoms with van der Waals surface area (Å²) in [6.07, 6.45) is 0. The van der Waals surface area contributed by atoms with Gasteiger partial charge in [0.05, 0.1) is 13.2 Å². The SMILES string of the molecule is CCOP(=O)(OCC)OC(=C(C)C)c1ccccc1. The first-order chi connectivity index (χ1) is 9.02. The van der Waals surface area contributed by atoms with Crippen molar-refractivity contribution in [1.29, 1.82) is 0 Å². The van der Waals surface area contributed by atoms with E-state index in [1.807, 2.05) is 44.2 Å². The number of phosphoric acid groups is 1. The molecule has 4 nitrogen and oxygen atoms in total. The highest BCUT2D eigenvalue weighted by molar-refractivity contribution is 7.48. The van der Waals surface area contributed by atoms with Gasteiger partial charge in [-0.3, -0.25) is 9.05 Å². The molecule has 0 saturated heterocycles. The van der Waals surface area contributed by atoms with Crippen LogP contribution in [-0.2, 0) is 18.1 Å². The van der Waals surface area contributed by atoms with Crippen molar-refractivity contribution in [3.8, 4) is 0 Å². The summed E-state index contributed by atoms with van der Waals surface area (Å²) < 4.78 is 28.3. The van der Waals surface area contributed by atoms with E-state index in [1.54, 1.807) is 13.8 Å². The van der Waals surface area contributed by atoms with E-state index in [-0.39, 0.29) is 13.2 Å². The van der Waals surface area contributed by atoms with E-state index in [4.69, 9.17) is 13.6 Å². The van der Waals surface area contributed by atoms with Gasteiger partial charge >= 0.3 is 7.82 Å². The van der Waals surface area contributed by atoms with Gasteiger partial charge in [0.25, 0.3) is 0 Å². The maximum atomic E-state index is 12.4. The number of rotatable bonds is 7. The van der Waals surface area contributed by atoms with Crippen molar-refractivity contribution >= 4 is 13.6 Å². The lowest BCUT2D eigenvalue weighted by molar-refractivity contribution is 0.159. The van der Waals surface area contributed by atoms with E-state index in [0.29, 0.717) is 5.76 Å². The van der Waals surface area contributed by atoms with E-state index < -0.39 is 7.82 Å². The molecule has 0 heterocycles. The van der Waals surface area contributed by atoms with Crippen molar-refractivity contribution in [1.82, 2.24) is 0 Å². The lowest BCUT2D eigenvalue weighted by atomic mass is 10.1. The summed E-state index contributed by atoms with van der Waals surface area (Å²) in [5, 5.41) is 0. The third-order valence-corrected chi connectivity index (χ3v) is 3.82. The number of hydrogen-bond donors (Lipinski definition) is 0. The molecular formula is C14H21O4P. The fourth-order valence-electron chi connectivity index (χ4n) is 1.54. The second-order valence-electron chi connectivity index (χ2n) is 4.07. The number of allylic oxidation sites excluding steroid dienone is 1. The molecule has 0 fully saturated rings. The predicted octanol–water partition coefficient (Wildman–Crippen LogP) is 4.64. The largest absolute Gasteiger partial charge is 0.530 e. The van der Waals surface area contributed by atoms with E-state index in [9.17, 15) is 4.57 Å². The Bertz CT molecular complexity index is 454. The molecule has 0 amide bonds. The highest BCUT2D eigenvalue weighted by atomic mass is 31.2. The van der Waals surface area contributed by atoms with Gasteiger partial charge in [-0.2, -0.15) is 0 Å². The molecule has 106 valence electrons. The van der Waals surface area contributed by atoms with Crippen molar-refractivity contribution in [3.63, 3.8) is 0 Å². The lowest BCUT2D eigenvalue weighted by Gasteiger charge is -2.20. The molecule has 0 aromatic heterocycles. The number of phosphoric ester groups is 1. The van der Waals surface area contributed by atoms with Crippen LogP contribution in [0.5, 0.6) is 0 Å². The van der Waals surface area contributed by atoms with Crippen LogP contribution in [0.2, 0.25) is 0 Å². The third-order valence-electron chi connectivity index (χ3n) is 2.27. The van der Waals surface area contributed by atoms with Gasteiger partial charge in [0.15, 0.2) is 0 Å². The second kappa shape index (κ2) is 7.49. The summed E-state index contributed by atoms with van der Waals surface area (Å²) in [6.45, 7) is 7.82. The Balaban J connectivity index is 3.03. The zero-order valence-corrected chi connectivity index (χ0v) is 12.8. The van der Waals surface area contributed by atoms with Crippen LogP contribution in [0.4, 0.5) is 0 Å². The maximum Gasteiger partial charge on any atom is 0.530 e.